The molecule has 1 unspecified atom stereocenters. The number of hydrogen-bond donors (Lipinski definition) is 1. The highest BCUT2D eigenvalue weighted by molar-refractivity contribution is 6.02. The largest absolute Gasteiger partial charge is 0.351 e. The Morgan fingerprint density at radius 3 is 2.37 bits per heavy atom. The fourth-order valence-electron chi connectivity index (χ4n) is 5.85. The van der Waals surface area contributed by atoms with Crippen LogP contribution in [-0.2, 0) is 16.0 Å². The van der Waals surface area contributed by atoms with E-state index in [9.17, 15) is 14.0 Å². The van der Waals surface area contributed by atoms with Crippen LogP contribution < -0.4 is 10.2 Å². The first kappa shape index (κ1) is 29.9. The summed E-state index contributed by atoms with van der Waals surface area (Å²) in [5.74, 6) is -0.291. The lowest BCUT2D eigenvalue weighted by Crippen LogP contribution is -2.50. The molecule has 2 aromatic rings. The third kappa shape index (κ3) is 7.68. The van der Waals surface area contributed by atoms with Gasteiger partial charge >= 0.3 is 0 Å². The van der Waals surface area contributed by atoms with E-state index in [2.05, 4.69) is 25.2 Å². The van der Waals surface area contributed by atoms with Gasteiger partial charge in [0.15, 0.2) is 0 Å². The maximum Gasteiger partial charge on any atom is 0.248 e. The molecular formula is C33H47FN2O2. The molecule has 2 aliphatic carbocycles. The number of anilines is 1. The van der Waals surface area contributed by atoms with Gasteiger partial charge in [-0.05, 0) is 73.8 Å². The summed E-state index contributed by atoms with van der Waals surface area (Å²) in [7, 11) is 0. The third-order valence-corrected chi connectivity index (χ3v) is 7.90. The molecule has 0 heterocycles. The minimum atomic E-state index is -0.824. The average Bonchev–Trinajstić information content (AvgIpc) is 2.92. The highest BCUT2D eigenvalue weighted by Crippen LogP contribution is 2.39. The number of carbonyl (C=O) groups excluding carboxylic acids is 2. The standard InChI is InChI=1S/C31H41FN2O2.C2H6/c1-3-4-6-12-23-13-9-10-18-28(23)29(30(35)33-26-15-7-5-8-16-26)34(27-17-11-14-25(32)21-27)31(36)24-19-22(2)20-24;1-2/h9-11,13-14,17-18,21-22,24,26,29H,3-8,12,15-16,19-20H2,1-2H3,(H,33,35);1-2H3. The maximum atomic E-state index is 14.4. The lowest BCUT2D eigenvalue weighted by atomic mass is 9.75. The van der Waals surface area contributed by atoms with Gasteiger partial charge in [-0.1, -0.05) is 90.1 Å². The van der Waals surface area contributed by atoms with Crippen LogP contribution in [0.4, 0.5) is 10.1 Å². The fraction of sp³-hybridized carbons (Fsp3) is 0.576. The quantitative estimate of drug-likeness (QED) is 0.320. The molecule has 0 spiro atoms. The minimum absolute atomic E-state index is 0.0779. The van der Waals surface area contributed by atoms with Gasteiger partial charge in [0.1, 0.15) is 11.9 Å². The van der Waals surface area contributed by atoms with Crippen LogP contribution in [0.1, 0.15) is 109 Å². The summed E-state index contributed by atoms with van der Waals surface area (Å²) in [6.45, 7) is 8.32. The molecule has 208 valence electrons. The number of rotatable bonds is 10. The monoisotopic (exact) mass is 522 g/mol. The molecule has 2 fully saturated rings. The zero-order valence-corrected chi connectivity index (χ0v) is 23.8. The molecule has 2 amide bonds. The molecule has 1 atom stereocenters. The van der Waals surface area contributed by atoms with Crippen molar-refractivity contribution in [3.8, 4) is 0 Å². The van der Waals surface area contributed by atoms with Gasteiger partial charge in [0.05, 0.1) is 0 Å². The first-order valence-corrected chi connectivity index (χ1v) is 14.9. The van der Waals surface area contributed by atoms with Crippen molar-refractivity contribution in [3.63, 3.8) is 0 Å². The summed E-state index contributed by atoms with van der Waals surface area (Å²) in [4.78, 5) is 29.7. The second-order valence-corrected chi connectivity index (χ2v) is 10.9. The molecule has 2 aliphatic rings. The van der Waals surface area contributed by atoms with E-state index >= 15 is 0 Å². The Morgan fingerprint density at radius 2 is 1.71 bits per heavy atom. The van der Waals surface area contributed by atoms with Crippen LogP contribution in [0.25, 0.3) is 0 Å². The first-order chi connectivity index (χ1) is 18.5. The zero-order valence-electron chi connectivity index (χ0n) is 23.8. The van der Waals surface area contributed by atoms with E-state index in [1.54, 1.807) is 17.0 Å². The number of aryl methyl sites for hydroxylation is 1. The molecular weight excluding hydrogens is 475 g/mol. The summed E-state index contributed by atoms with van der Waals surface area (Å²) in [5, 5.41) is 3.29. The van der Waals surface area contributed by atoms with E-state index in [0.717, 1.165) is 75.3 Å². The second-order valence-electron chi connectivity index (χ2n) is 10.9. The number of carbonyl (C=O) groups is 2. The molecule has 0 saturated heterocycles. The predicted octanol–water partition coefficient (Wildman–Crippen LogP) is 8.15. The SMILES string of the molecule is CC.CCCCCc1ccccc1C(C(=O)NC1CCCCC1)N(C(=O)C1CC(C)C1)c1cccc(F)c1. The second kappa shape index (κ2) is 15.0. The average molecular weight is 523 g/mol. The molecule has 2 aromatic carbocycles. The van der Waals surface area contributed by atoms with Crippen LogP contribution >= 0.6 is 0 Å². The Morgan fingerprint density at radius 1 is 1.00 bits per heavy atom. The summed E-state index contributed by atoms with van der Waals surface area (Å²) < 4.78 is 14.4. The number of halogens is 1. The maximum absolute atomic E-state index is 14.4. The van der Waals surface area contributed by atoms with Gasteiger partial charge in [-0.2, -0.15) is 0 Å². The third-order valence-electron chi connectivity index (χ3n) is 7.90. The Hall–Kier alpha value is -2.69. The minimum Gasteiger partial charge on any atom is -0.351 e. The van der Waals surface area contributed by atoms with Crippen LogP contribution in [0.2, 0.25) is 0 Å². The molecule has 2 saturated carbocycles. The van der Waals surface area contributed by atoms with Crippen molar-refractivity contribution in [1.29, 1.82) is 0 Å². The highest BCUT2D eigenvalue weighted by Gasteiger charge is 2.41. The van der Waals surface area contributed by atoms with Gasteiger partial charge in [-0.15, -0.1) is 0 Å². The Labute approximate surface area is 229 Å². The van der Waals surface area contributed by atoms with E-state index in [1.165, 1.54) is 18.6 Å². The first-order valence-electron chi connectivity index (χ1n) is 14.9. The summed E-state index contributed by atoms with van der Waals surface area (Å²) in [6, 6.07) is 13.4. The molecule has 1 N–H and O–H groups in total. The normalized spacial score (nSPS) is 19.9. The van der Waals surface area contributed by atoms with Crippen molar-refractivity contribution in [1.82, 2.24) is 5.32 Å². The lowest BCUT2D eigenvalue weighted by Gasteiger charge is -2.40. The number of hydrogen-bond acceptors (Lipinski definition) is 2. The number of amides is 2. The van der Waals surface area contributed by atoms with Crippen molar-refractivity contribution in [2.45, 2.75) is 110 Å². The molecule has 38 heavy (non-hydrogen) atoms. The van der Waals surface area contributed by atoms with Crippen LogP contribution in [-0.4, -0.2) is 17.9 Å². The Balaban J connectivity index is 0.00000195. The zero-order chi connectivity index (χ0) is 27.5. The van der Waals surface area contributed by atoms with Gasteiger partial charge in [0.2, 0.25) is 11.8 Å². The van der Waals surface area contributed by atoms with Crippen molar-refractivity contribution in [2.75, 3.05) is 4.90 Å². The highest BCUT2D eigenvalue weighted by atomic mass is 19.1. The van der Waals surface area contributed by atoms with E-state index < -0.39 is 11.9 Å². The van der Waals surface area contributed by atoms with E-state index in [1.807, 2.05) is 32.0 Å². The van der Waals surface area contributed by atoms with Crippen molar-refractivity contribution < 1.29 is 14.0 Å². The van der Waals surface area contributed by atoms with Crippen molar-refractivity contribution in [3.05, 3.63) is 65.5 Å². The lowest BCUT2D eigenvalue weighted by molar-refractivity contribution is -0.131. The van der Waals surface area contributed by atoms with Crippen molar-refractivity contribution in [2.24, 2.45) is 11.8 Å². The van der Waals surface area contributed by atoms with E-state index in [-0.39, 0.29) is 23.8 Å². The van der Waals surface area contributed by atoms with Gasteiger partial charge in [-0.3, -0.25) is 14.5 Å². The Kier molecular flexibility index (Phi) is 11.8. The van der Waals surface area contributed by atoms with Gasteiger partial charge in [-0.25, -0.2) is 4.39 Å². The van der Waals surface area contributed by atoms with Crippen LogP contribution in [0, 0.1) is 17.7 Å². The van der Waals surface area contributed by atoms with Gasteiger partial charge < -0.3 is 5.32 Å². The topological polar surface area (TPSA) is 49.4 Å². The van der Waals surface area contributed by atoms with Crippen molar-refractivity contribution >= 4 is 17.5 Å². The molecule has 0 aliphatic heterocycles. The number of benzene rings is 2. The van der Waals surface area contributed by atoms with E-state index in [4.69, 9.17) is 0 Å². The fourth-order valence-corrected chi connectivity index (χ4v) is 5.85. The molecule has 5 heteroatoms. The smallest absolute Gasteiger partial charge is 0.248 e. The predicted molar refractivity (Wildman–Crippen MR) is 155 cm³/mol. The molecule has 0 radical (unpaired) electrons. The molecule has 0 aromatic heterocycles. The molecule has 4 nitrogen and oxygen atoms in total. The summed E-state index contributed by atoms with van der Waals surface area (Å²) in [6.07, 6.45) is 11.0. The summed E-state index contributed by atoms with van der Waals surface area (Å²) >= 11 is 0. The van der Waals surface area contributed by atoms with Crippen LogP contribution in [0.5, 0.6) is 0 Å². The molecule has 0 bridgehead atoms. The van der Waals surface area contributed by atoms with Gasteiger partial charge in [0.25, 0.3) is 0 Å². The number of nitrogens with one attached hydrogen (secondary N) is 1. The van der Waals surface area contributed by atoms with E-state index in [0.29, 0.717) is 11.6 Å². The number of unbranched alkanes of at least 4 members (excludes halogenated alkanes) is 2. The van der Waals surface area contributed by atoms with Crippen LogP contribution in [0.3, 0.4) is 0 Å². The number of nitrogens with zero attached hydrogens (tertiary/aromatic N) is 1. The van der Waals surface area contributed by atoms with Gasteiger partial charge in [0, 0.05) is 17.6 Å². The Bertz CT molecular complexity index is 1030. The summed E-state index contributed by atoms with van der Waals surface area (Å²) in [5.41, 5.74) is 2.39. The van der Waals surface area contributed by atoms with Crippen LogP contribution in [0.15, 0.2) is 48.5 Å². The molecule has 4 rings (SSSR count).